The molecule has 26 heavy (non-hydrogen) atoms. The molecule has 8 heteroatoms. The first kappa shape index (κ1) is 18.1. The molecule has 0 fully saturated rings. The van der Waals surface area contributed by atoms with Gasteiger partial charge in [0.2, 0.25) is 0 Å². The molecule has 3 rings (SSSR count). The second-order valence-electron chi connectivity index (χ2n) is 5.88. The van der Waals surface area contributed by atoms with E-state index in [9.17, 15) is 17.6 Å². The molecule has 0 amide bonds. The molecule has 0 aromatic heterocycles. The first-order chi connectivity index (χ1) is 12.3. The first-order valence-corrected chi connectivity index (χ1v) is 9.25. The van der Waals surface area contributed by atoms with Gasteiger partial charge >= 0.3 is 5.97 Å². The van der Waals surface area contributed by atoms with Gasteiger partial charge in [-0.3, -0.25) is 4.99 Å². The average molecular weight is 376 g/mol. The second-order valence-corrected chi connectivity index (χ2v) is 7.72. The Bertz CT molecular complexity index is 940. The lowest BCUT2D eigenvalue weighted by molar-refractivity contribution is -0.142. The Morgan fingerprint density at radius 3 is 2.31 bits per heavy atom. The van der Waals surface area contributed by atoms with Crippen molar-refractivity contribution in [3.8, 4) is 0 Å². The lowest BCUT2D eigenvalue weighted by atomic mass is 10.0. The van der Waals surface area contributed by atoms with Crippen LogP contribution in [0, 0.1) is 12.7 Å². The molecule has 0 spiro atoms. The third-order valence-corrected chi connectivity index (χ3v) is 5.91. The van der Waals surface area contributed by atoms with Crippen molar-refractivity contribution >= 4 is 22.3 Å². The van der Waals surface area contributed by atoms with E-state index >= 15 is 0 Å². The normalized spacial score (nSPS) is 19.6. The Kier molecular flexibility index (Phi) is 4.78. The molecule has 1 aliphatic heterocycles. The van der Waals surface area contributed by atoms with E-state index < -0.39 is 33.9 Å². The molecule has 0 aliphatic carbocycles. The van der Waals surface area contributed by atoms with Crippen LogP contribution in [-0.4, -0.2) is 38.2 Å². The lowest BCUT2D eigenvalue weighted by Gasteiger charge is -2.27. The van der Waals surface area contributed by atoms with Gasteiger partial charge in [-0.1, -0.05) is 29.8 Å². The predicted octanol–water partition coefficient (Wildman–Crippen LogP) is 2.45. The van der Waals surface area contributed by atoms with E-state index in [1.165, 1.54) is 43.5 Å². The minimum absolute atomic E-state index is 0.0761. The zero-order valence-corrected chi connectivity index (χ0v) is 15.0. The zero-order valence-electron chi connectivity index (χ0n) is 14.2. The smallest absolute Gasteiger partial charge is 0.333 e. The Balaban J connectivity index is 2.06. The van der Waals surface area contributed by atoms with Gasteiger partial charge in [0.25, 0.3) is 10.0 Å². The molecule has 1 aliphatic rings. The Morgan fingerprint density at radius 2 is 1.73 bits per heavy atom. The number of methoxy groups -OCH3 is 1. The van der Waals surface area contributed by atoms with E-state index in [4.69, 9.17) is 4.74 Å². The molecular weight excluding hydrogens is 359 g/mol. The molecule has 0 saturated heterocycles. The number of hydrogen-bond donors (Lipinski definition) is 0. The van der Waals surface area contributed by atoms with E-state index in [0.717, 1.165) is 16.2 Å². The SMILES string of the molecule is COC(=O)[C@@H]1N=CN(S(=O)(=O)c2ccc(C)cc2)[C@H]1c1ccc(F)cc1. The van der Waals surface area contributed by atoms with Crippen LogP contribution in [0.15, 0.2) is 58.4 Å². The van der Waals surface area contributed by atoms with Gasteiger partial charge < -0.3 is 4.74 Å². The monoisotopic (exact) mass is 376 g/mol. The fourth-order valence-electron chi connectivity index (χ4n) is 2.77. The van der Waals surface area contributed by atoms with Crippen molar-refractivity contribution < 1.29 is 22.3 Å². The van der Waals surface area contributed by atoms with E-state index in [-0.39, 0.29) is 4.90 Å². The summed E-state index contributed by atoms with van der Waals surface area (Å²) in [7, 11) is -2.75. The summed E-state index contributed by atoms with van der Waals surface area (Å²) in [5, 5.41) is 0. The van der Waals surface area contributed by atoms with Gasteiger partial charge in [0, 0.05) is 0 Å². The van der Waals surface area contributed by atoms with Crippen LogP contribution in [0.3, 0.4) is 0 Å². The Hall–Kier alpha value is -2.74. The van der Waals surface area contributed by atoms with Gasteiger partial charge in [0.15, 0.2) is 6.04 Å². The maximum Gasteiger partial charge on any atom is 0.333 e. The van der Waals surface area contributed by atoms with Gasteiger partial charge in [-0.2, -0.15) is 0 Å². The van der Waals surface area contributed by atoms with E-state index in [1.54, 1.807) is 12.1 Å². The molecule has 1 heterocycles. The van der Waals surface area contributed by atoms with Crippen molar-refractivity contribution in [1.82, 2.24) is 4.31 Å². The lowest BCUT2D eigenvalue weighted by Crippen LogP contribution is -2.37. The van der Waals surface area contributed by atoms with Crippen molar-refractivity contribution in [2.75, 3.05) is 7.11 Å². The number of aliphatic imine (C=N–C) groups is 1. The summed E-state index contributed by atoms with van der Waals surface area (Å²) >= 11 is 0. The minimum Gasteiger partial charge on any atom is -0.467 e. The Morgan fingerprint density at radius 1 is 1.12 bits per heavy atom. The third-order valence-electron chi connectivity index (χ3n) is 4.16. The summed E-state index contributed by atoms with van der Waals surface area (Å²) in [4.78, 5) is 16.2. The number of aryl methyl sites for hydroxylation is 1. The van der Waals surface area contributed by atoms with Crippen molar-refractivity contribution in [2.45, 2.75) is 23.9 Å². The van der Waals surface area contributed by atoms with Crippen LogP contribution >= 0.6 is 0 Å². The number of nitrogens with zero attached hydrogens (tertiary/aromatic N) is 2. The Labute approximate surface area is 151 Å². The summed E-state index contributed by atoms with van der Waals surface area (Å²) in [6, 6.07) is 9.62. The number of carbonyl (C=O) groups is 1. The van der Waals surface area contributed by atoms with E-state index in [1.807, 2.05) is 6.92 Å². The molecule has 0 radical (unpaired) electrons. The van der Waals surface area contributed by atoms with Crippen LogP contribution in [0.25, 0.3) is 0 Å². The number of sulfonamides is 1. The number of rotatable bonds is 4. The van der Waals surface area contributed by atoms with Crippen LogP contribution in [0.1, 0.15) is 17.2 Å². The van der Waals surface area contributed by atoms with Crippen molar-refractivity contribution in [3.05, 3.63) is 65.5 Å². The maximum atomic E-state index is 13.3. The summed E-state index contributed by atoms with van der Waals surface area (Å²) in [5.74, 6) is -1.13. The van der Waals surface area contributed by atoms with Crippen LogP contribution in [0.5, 0.6) is 0 Å². The fourth-order valence-corrected chi connectivity index (χ4v) is 4.21. The highest BCUT2D eigenvalue weighted by Gasteiger charge is 2.43. The number of ether oxygens (including phenoxy) is 1. The topological polar surface area (TPSA) is 76.0 Å². The predicted molar refractivity (Wildman–Crippen MR) is 93.6 cm³/mol. The number of hydrogen-bond acceptors (Lipinski definition) is 5. The van der Waals surface area contributed by atoms with Crippen molar-refractivity contribution in [2.24, 2.45) is 4.99 Å². The largest absolute Gasteiger partial charge is 0.467 e. The summed E-state index contributed by atoms with van der Waals surface area (Å²) in [5.41, 5.74) is 1.36. The highest BCUT2D eigenvalue weighted by molar-refractivity contribution is 7.89. The van der Waals surface area contributed by atoms with Gasteiger partial charge in [-0.05, 0) is 36.8 Å². The number of halogens is 1. The standard InChI is InChI=1S/C18H17FN2O4S/c1-12-3-9-15(10-4-12)26(23,24)21-11-20-16(18(22)25-2)17(21)13-5-7-14(19)8-6-13/h3-11,16-17H,1-2H3/t16-,17+/m1/s1. The molecular formula is C18H17FN2O4S. The van der Waals surface area contributed by atoms with Crippen LogP contribution in [0.4, 0.5) is 4.39 Å². The highest BCUT2D eigenvalue weighted by atomic mass is 32.2. The molecule has 0 N–H and O–H groups in total. The average Bonchev–Trinajstić information content (AvgIpc) is 3.08. The van der Waals surface area contributed by atoms with E-state index in [0.29, 0.717) is 5.56 Å². The summed E-state index contributed by atoms with van der Waals surface area (Å²) in [6.45, 7) is 1.85. The molecule has 6 nitrogen and oxygen atoms in total. The van der Waals surface area contributed by atoms with Gasteiger partial charge in [0.1, 0.15) is 18.2 Å². The molecule has 0 unspecified atom stereocenters. The van der Waals surface area contributed by atoms with Crippen molar-refractivity contribution in [1.29, 1.82) is 0 Å². The van der Waals surface area contributed by atoms with Gasteiger partial charge in [-0.25, -0.2) is 21.9 Å². The third kappa shape index (κ3) is 3.20. The van der Waals surface area contributed by atoms with Crippen LogP contribution in [-0.2, 0) is 19.6 Å². The number of benzene rings is 2. The first-order valence-electron chi connectivity index (χ1n) is 7.81. The summed E-state index contributed by atoms with van der Waals surface area (Å²) in [6.07, 6.45) is 1.12. The number of esters is 1. The van der Waals surface area contributed by atoms with Crippen LogP contribution in [0.2, 0.25) is 0 Å². The zero-order chi connectivity index (χ0) is 18.9. The number of carbonyl (C=O) groups excluding carboxylic acids is 1. The molecule has 2 atom stereocenters. The van der Waals surface area contributed by atoms with Gasteiger partial charge in [0.05, 0.1) is 12.0 Å². The van der Waals surface area contributed by atoms with Gasteiger partial charge in [-0.15, -0.1) is 0 Å². The van der Waals surface area contributed by atoms with Crippen LogP contribution < -0.4 is 0 Å². The minimum atomic E-state index is -3.96. The van der Waals surface area contributed by atoms with Crippen molar-refractivity contribution in [3.63, 3.8) is 0 Å². The highest BCUT2D eigenvalue weighted by Crippen LogP contribution is 2.35. The maximum absolute atomic E-state index is 13.3. The molecule has 0 bridgehead atoms. The summed E-state index contributed by atoms with van der Waals surface area (Å²) < 4.78 is 45.2. The molecule has 2 aromatic carbocycles. The molecule has 0 saturated carbocycles. The molecule has 136 valence electrons. The van der Waals surface area contributed by atoms with E-state index in [2.05, 4.69) is 4.99 Å². The molecule has 2 aromatic rings. The second kappa shape index (κ2) is 6.87. The quantitative estimate of drug-likeness (QED) is 0.768. The fraction of sp³-hybridized carbons (Fsp3) is 0.222.